The highest BCUT2D eigenvalue weighted by Gasteiger charge is 2.34. The number of rotatable bonds is 3. The van der Waals surface area contributed by atoms with Crippen LogP contribution in [0.4, 0.5) is 8.78 Å². The molecule has 0 spiro atoms. The van der Waals surface area contributed by atoms with Gasteiger partial charge in [0.2, 0.25) is 0 Å². The second-order valence-corrected chi connectivity index (χ2v) is 7.71. The van der Waals surface area contributed by atoms with Crippen molar-refractivity contribution in [1.82, 2.24) is 14.7 Å². The molecule has 0 aliphatic carbocycles. The minimum absolute atomic E-state index is 0. The summed E-state index contributed by atoms with van der Waals surface area (Å²) in [5.41, 5.74) is -0.150. The molecule has 28 heavy (non-hydrogen) atoms. The fourth-order valence-electron chi connectivity index (χ4n) is 3.07. The van der Waals surface area contributed by atoms with Gasteiger partial charge in [-0.2, -0.15) is 5.10 Å². The molecule has 6 nitrogen and oxygen atoms in total. The zero-order valence-electron chi connectivity index (χ0n) is 15.8. The summed E-state index contributed by atoms with van der Waals surface area (Å²) in [5.74, 6) is -3.50. The van der Waals surface area contributed by atoms with Crippen molar-refractivity contribution < 1.29 is 23.5 Å². The summed E-state index contributed by atoms with van der Waals surface area (Å²) in [6, 6.07) is 3.11. The maximum atomic E-state index is 14.3. The molecule has 2 aromatic rings. The smallest absolute Gasteiger partial charge is 0.308 e. The molecule has 3 rings (SSSR count). The molecule has 1 N–H and O–H groups in total. The van der Waals surface area contributed by atoms with Crippen LogP contribution in [0.15, 0.2) is 24.4 Å². The van der Waals surface area contributed by atoms with Gasteiger partial charge in [-0.1, -0.05) is 0 Å². The second-order valence-electron chi connectivity index (χ2n) is 7.71. The van der Waals surface area contributed by atoms with Crippen LogP contribution in [0.1, 0.15) is 37.6 Å². The minimum Gasteiger partial charge on any atom is -0.481 e. The Labute approximate surface area is 167 Å². The van der Waals surface area contributed by atoms with Gasteiger partial charge in [0.1, 0.15) is 17.3 Å². The van der Waals surface area contributed by atoms with Crippen LogP contribution < -0.4 is 0 Å². The van der Waals surface area contributed by atoms with Crippen molar-refractivity contribution in [3.05, 3.63) is 41.6 Å². The summed E-state index contributed by atoms with van der Waals surface area (Å²) < 4.78 is 29.2. The first kappa shape index (κ1) is 21.8. The molecule has 0 radical (unpaired) electrons. The van der Waals surface area contributed by atoms with Crippen molar-refractivity contribution in [2.75, 3.05) is 13.1 Å². The second kappa shape index (κ2) is 7.87. The van der Waals surface area contributed by atoms with Crippen molar-refractivity contribution in [2.24, 2.45) is 5.92 Å². The number of carbonyl (C=O) groups excluding carboxylic acids is 1. The zero-order chi connectivity index (χ0) is 19.9. The minimum atomic E-state index is -0.944. The molecule has 1 aromatic heterocycles. The highest BCUT2D eigenvalue weighted by atomic mass is 35.5. The van der Waals surface area contributed by atoms with E-state index in [0.717, 1.165) is 12.1 Å². The van der Waals surface area contributed by atoms with Gasteiger partial charge in [0.05, 0.1) is 17.0 Å². The number of carboxylic acid groups (broad SMARTS) is 1. The number of aliphatic carboxylic acids is 1. The van der Waals surface area contributed by atoms with E-state index in [1.165, 1.54) is 17.2 Å². The fourth-order valence-corrected chi connectivity index (χ4v) is 3.07. The fraction of sp³-hybridized carbons (Fsp3) is 0.421. The Morgan fingerprint density at radius 2 is 1.93 bits per heavy atom. The molecule has 1 amide bonds. The van der Waals surface area contributed by atoms with E-state index in [2.05, 4.69) is 5.10 Å². The third-order valence-electron chi connectivity index (χ3n) is 4.64. The van der Waals surface area contributed by atoms with Crippen LogP contribution in [-0.2, 0) is 10.3 Å². The van der Waals surface area contributed by atoms with Gasteiger partial charge in [-0.05, 0) is 39.3 Å². The maximum Gasteiger partial charge on any atom is 0.308 e. The highest BCUT2D eigenvalue weighted by molar-refractivity contribution is 6.00. The average molecular weight is 414 g/mol. The van der Waals surface area contributed by atoms with Gasteiger partial charge >= 0.3 is 5.97 Å². The van der Waals surface area contributed by atoms with Gasteiger partial charge in [-0.3, -0.25) is 14.3 Å². The van der Waals surface area contributed by atoms with Crippen LogP contribution in [0.5, 0.6) is 0 Å². The molecule has 1 fully saturated rings. The molecular formula is C19H22ClF2N3O3. The Morgan fingerprint density at radius 3 is 2.46 bits per heavy atom. The molecule has 9 heteroatoms. The van der Waals surface area contributed by atoms with Crippen LogP contribution in [0.3, 0.4) is 0 Å². The molecule has 0 bridgehead atoms. The number of hydrogen-bond donors (Lipinski definition) is 1. The Hall–Kier alpha value is -2.48. The first-order chi connectivity index (χ1) is 12.6. The molecule has 1 atom stereocenters. The van der Waals surface area contributed by atoms with E-state index >= 15 is 0 Å². The Balaban J connectivity index is 0.00000280. The molecule has 1 aromatic carbocycles. The number of aromatic nitrogens is 2. The van der Waals surface area contributed by atoms with Crippen molar-refractivity contribution in [2.45, 2.75) is 32.7 Å². The van der Waals surface area contributed by atoms with Gasteiger partial charge in [0.25, 0.3) is 5.91 Å². The Morgan fingerprint density at radius 1 is 1.25 bits per heavy atom. The zero-order valence-corrected chi connectivity index (χ0v) is 16.6. The topological polar surface area (TPSA) is 75.4 Å². The summed E-state index contributed by atoms with van der Waals surface area (Å²) in [4.78, 5) is 25.6. The van der Waals surface area contributed by atoms with Crippen LogP contribution in [0.25, 0.3) is 11.3 Å². The summed E-state index contributed by atoms with van der Waals surface area (Å²) in [7, 11) is 0. The molecule has 152 valence electrons. The number of amides is 1. The third-order valence-corrected chi connectivity index (χ3v) is 4.64. The predicted octanol–water partition coefficient (Wildman–Crippen LogP) is 3.55. The standard InChI is InChI=1S/C19H21F2N3O3.ClH/c1-19(2,3)24-10-14(17(25)23-7-6-11(9-23)18(26)27)16(22-24)13-5-4-12(20)8-15(13)21;/h4-5,8,10-11H,6-7,9H2,1-3H3,(H,26,27);1H. The monoisotopic (exact) mass is 413 g/mol. The molecule has 2 heterocycles. The lowest BCUT2D eigenvalue weighted by Gasteiger charge is -2.19. The maximum absolute atomic E-state index is 14.3. The van der Waals surface area contributed by atoms with Crippen LogP contribution in [0, 0.1) is 17.6 Å². The molecule has 1 unspecified atom stereocenters. The van der Waals surface area contributed by atoms with E-state index in [1.54, 1.807) is 4.68 Å². The molecule has 1 saturated heterocycles. The molecule has 1 aliphatic rings. The van der Waals surface area contributed by atoms with Gasteiger partial charge < -0.3 is 10.0 Å². The number of benzene rings is 1. The molecule has 0 saturated carbocycles. The summed E-state index contributed by atoms with van der Waals surface area (Å²) in [5, 5.41) is 13.5. The first-order valence-corrected chi connectivity index (χ1v) is 8.65. The van der Waals surface area contributed by atoms with Crippen LogP contribution >= 0.6 is 12.4 Å². The quantitative estimate of drug-likeness (QED) is 0.834. The number of hydrogen-bond acceptors (Lipinski definition) is 3. The van der Waals surface area contributed by atoms with E-state index < -0.39 is 35.0 Å². The average Bonchev–Trinajstić information content (AvgIpc) is 3.21. The first-order valence-electron chi connectivity index (χ1n) is 8.65. The lowest BCUT2D eigenvalue weighted by molar-refractivity contribution is -0.141. The number of carbonyl (C=O) groups is 2. The van der Waals surface area contributed by atoms with Crippen molar-refractivity contribution in [3.63, 3.8) is 0 Å². The van der Waals surface area contributed by atoms with E-state index in [-0.39, 0.29) is 35.8 Å². The lowest BCUT2D eigenvalue weighted by atomic mass is 10.1. The largest absolute Gasteiger partial charge is 0.481 e. The molecular weight excluding hydrogens is 392 g/mol. The third kappa shape index (κ3) is 4.16. The van der Waals surface area contributed by atoms with Gasteiger partial charge in [-0.15, -0.1) is 12.4 Å². The van der Waals surface area contributed by atoms with Crippen molar-refractivity contribution in [1.29, 1.82) is 0 Å². The van der Waals surface area contributed by atoms with Crippen LogP contribution in [-0.4, -0.2) is 44.8 Å². The van der Waals surface area contributed by atoms with Crippen molar-refractivity contribution in [3.8, 4) is 11.3 Å². The van der Waals surface area contributed by atoms with E-state index in [9.17, 15) is 18.4 Å². The van der Waals surface area contributed by atoms with Crippen LogP contribution in [0.2, 0.25) is 0 Å². The van der Waals surface area contributed by atoms with Crippen molar-refractivity contribution >= 4 is 24.3 Å². The summed E-state index contributed by atoms with van der Waals surface area (Å²) in [6.45, 7) is 6.06. The van der Waals surface area contributed by atoms with E-state index in [1.807, 2.05) is 20.8 Å². The summed E-state index contributed by atoms with van der Waals surface area (Å²) >= 11 is 0. The Kier molecular flexibility index (Phi) is 6.13. The summed E-state index contributed by atoms with van der Waals surface area (Å²) in [6.07, 6.45) is 1.91. The SMILES string of the molecule is CC(C)(C)n1cc(C(=O)N2CCC(C(=O)O)C2)c(-c2ccc(F)cc2F)n1.Cl. The van der Waals surface area contributed by atoms with Gasteiger partial charge in [-0.25, -0.2) is 8.78 Å². The van der Waals surface area contributed by atoms with E-state index in [0.29, 0.717) is 13.0 Å². The van der Waals surface area contributed by atoms with Gasteiger partial charge in [0.15, 0.2) is 0 Å². The van der Waals surface area contributed by atoms with Gasteiger partial charge in [0, 0.05) is 30.9 Å². The molecule has 1 aliphatic heterocycles. The number of nitrogens with zero attached hydrogens (tertiary/aromatic N) is 3. The predicted molar refractivity (Wildman–Crippen MR) is 101 cm³/mol. The number of likely N-dealkylation sites (tertiary alicyclic amines) is 1. The number of carboxylic acids is 1. The normalized spacial score (nSPS) is 16.8. The van der Waals surface area contributed by atoms with E-state index in [4.69, 9.17) is 5.11 Å². The number of halogens is 3. The lowest BCUT2D eigenvalue weighted by Crippen LogP contribution is -2.30. The highest BCUT2D eigenvalue weighted by Crippen LogP contribution is 2.30. The Bertz CT molecular complexity index is 908.